The number of rotatable bonds is 16. The molecule has 284 valence electrons. The number of aryl methyl sites for hydroxylation is 4. The first kappa shape index (κ1) is 42.1. The molecule has 3 aromatic rings. The molecule has 3 aromatic carbocycles. The second kappa shape index (κ2) is 17.2. The van der Waals surface area contributed by atoms with Crippen molar-refractivity contribution in [3.05, 3.63) is 111 Å². The topological polar surface area (TPSA) is 0 Å². The van der Waals surface area contributed by atoms with Crippen LogP contribution in [0, 0.1) is 0 Å². The molecule has 0 bridgehead atoms. The molecule has 0 aromatic heterocycles. The molecule has 0 N–H and O–H groups in total. The molecule has 1 heteroatoms. The molecule has 0 saturated carbocycles. The minimum absolute atomic E-state index is 0.0324. The Kier molecular flexibility index (Phi) is 13.9. The first-order valence-electron chi connectivity index (χ1n) is 21.3. The van der Waals surface area contributed by atoms with Gasteiger partial charge in [0, 0.05) is 5.04 Å². The highest BCUT2D eigenvalue weighted by atomic mass is 28.3. The zero-order valence-corrected chi connectivity index (χ0v) is 37.3. The molecule has 0 saturated heterocycles. The molecule has 1 aliphatic carbocycles. The van der Waals surface area contributed by atoms with Gasteiger partial charge < -0.3 is 0 Å². The van der Waals surface area contributed by atoms with Crippen LogP contribution in [-0.4, -0.2) is 8.07 Å². The Morgan fingerprint density at radius 1 is 0.500 bits per heavy atom. The van der Waals surface area contributed by atoms with E-state index in [1.165, 1.54) is 97.6 Å². The molecule has 2 atom stereocenters. The predicted octanol–water partition coefficient (Wildman–Crippen LogP) is 13.2. The van der Waals surface area contributed by atoms with E-state index >= 15 is 0 Å². The molecule has 0 heterocycles. The van der Waals surface area contributed by atoms with E-state index in [-0.39, 0.29) is 15.9 Å². The minimum Gasteiger partial charge on any atom is -0.0730 e. The lowest BCUT2D eigenvalue weighted by atomic mass is 9.81. The van der Waals surface area contributed by atoms with Crippen molar-refractivity contribution in [2.75, 3.05) is 0 Å². The third-order valence-corrected chi connectivity index (χ3v) is 18.3. The highest BCUT2D eigenvalue weighted by Crippen LogP contribution is 2.53. The molecular weight excluding hydrogens is 641 g/mol. The Bertz CT molecular complexity index is 1650. The number of allylic oxidation sites excluding steroid dienone is 4. The van der Waals surface area contributed by atoms with Crippen LogP contribution >= 0.6 is 0 Å². The van der Waals surface area contributed by atoms with Crippen LogP contribution in [0.25, 0.3) is 0 Å². The maximum Gasteiger partial charge on any atom is 0.161 e. The standard InChI is InChI=1S/C51H76Si/c1-15-19-21-23-25-42-28-43(26-24-22-20-16-2)32-47(31-42)52(51(14)36-37(5)38(6)39(51)7,46-29-40(17-3)27-41(18-4)30-46)48-34-44(49(8,9)10)33-45(35-48)50(11,12)13/h27-36H,15-26H2,1-14H3. The highest BCUT2D eigenvalue weighted by molar-refractivity contribution is 7.14. The molecule has 0 amide bonds. The third kappa shape index (κ3) is 8.83. The summed E-state index contributed by atoms with van der Waals surface area (Å²) in [5, 5.41) is 4.66. The summed E-state index contributed by atoms with van der Waals surface area (Å²) in [6.45, 7) is 33.7. The number of benzene rings is 3. The number of unbranched alkanes of at least 4 members (excludes halogenated alkanes) is 6. The van der Waals surface area contributed by atoms with Crippen LogP contribution in [0.3, 0.4) is 0 Å². The van der Waals surface area contributed by atoms with Crippen LogP contribution in [0.1, 0.15) is 182 Å². The summed E-state index contributed by atoms with van der Waals surface area (Å²) in [5.74, 6) is 0. The molecule has 0 spiro atoms. The Morgan fingerprint density at radius 3 is 1.27 bits per heavy atom. The lowest BCUT2D eigenvalue weighted by Gasteiger charge is -2.48. The van der Waals surface area contributed by atoms with Crippen LogP contribution in [0.15, 0.2) is 77.4 Å². The van der Waals surface area contributed by atoms with Crippen molar-refractivity contribution in [1.82, 2.24) is 0 Å². The zero-order chi connectivity index (χ0) is 38.5. The molecule has 0 aliphatic heterocycles. The van der Waals surface area contributed by atoms with E-state index in [1.54, 1.807) is 32.3 Å². The second-order valence-corrected chi connectivity index (χ2v) is 23.0. The van der Waals surface area contributed by atoms with E-state index in [0.717, 1.165) is 12.8 Å². The number of hydrogen-bond donors (Lipinski definition) is 0. The van der Waals surface area contributed by atoms with Gasteiger partial charge in [-0.25, -0.2) is 0 Å². The summed E-state index contributed by atoms with van der Waals surface area (Å²) in [5.41, 5.74) is 13.6. The van der Waals surface area contributed by atoms with Crippen LogP contribution < -0.4 is 15.6 Å². The molecule has 52 heavy (non-hydrogen) atoms. The Hall–Kier alpha value is -2.64. The average Bonchev–Trinajstić information content (AvgIpc) is 3.30. The fourth-order valence-corrected chi connectivity index (χ4v) is 15.3. The van der Waals surface area contributed by atoms with Gasteiger partial charge in [0.1, 0.15) is 0 Å². The highest BCUT2D eigenvalue weighted by Gasteiger charge is 2.56. The summed E-state index contributed by atoms with van der Waals surface area (Å²) in [6, 6.07) is 23.8. The molecule has 0 radical (unpaired) electrons. The molecule has 4 rings (SSSR count). The quantitative estimate of drug-likeness (QED) is 0.0786. The van der Waals surface area contributed by atoms with Crippen LogP contribution in [-0.2, 0) is 36.5 Å². The normalized spacial score (nSPS) is 17.8. The van der Waals surface area contributed by atoms with Gasteiger partial charge in [0.2, 0.25) is 0 Å². The smallest absolute Gasteiger partial charge is 0.0730 e. The van der Waals surface area contributed by atoms with Crippen LogP contribution in [0.5, 0.6) is 0 Å². The summed E-state index contributed by atoms with van der Waals surface area (Å²) < 4.78 is 0. The number of hydrogen-bond acceptors (Lipinski definition) is 0. The second-order valence-electron chi connectivity index (χ2n) is 18.7. The van der Waals surface area contributed by atoms with Gasteiger partial charge >= 0.3 is 0 Å². The molecule has 0 nitrogen and oxygen atoms in total. The molecule has 2 unspecified atom stereocenters. The Morgan fingerprint density at radius 2 is 0.904 bits per heavy atom. The first-order chi connectivity index (χ1) is 24.5. The van der Waals surface area contributed by atoms with E-state index < -0.39 is 8.07 Å². The predicted molar refractivity (Wildman–Crippen MR) is 236 cm³/mol. The van der Waals surface area contributed by atoms with Crippen LogP contribution in [0.2, 0.25) is 5.04 Å². The van der Waals surface area contributed by atoms with E-state index in [1.807, 2.05) is 0 Å². The monoisotopic (exact) mass is 717 g/mol. The molecular formula is C51H76Si. The van der Waals surface area contributed by atoms with Gasteiger partial charge in [0.05, 0.1) is 0 Å². The van der Waals surface area contributed by atoms with Crippen molar-refractivity contribution in [3.8, 4) is 0 Å². The average molecular weight is 717 g/mol. The van der Waals surface area contributed by atoms with Crippen molar-refractivity contribution < 1.29 is 0 Å². The van der Waals surface area contributed by atoms with E-state index in [0.29, 0.717) is 0 Å². The van der Waals surface area contributed by atoms with Gasteiger partial charge in [-0.1, -0.05) is 187 Å². The largest absolute Gasteiger partial charge is 0.161 e. The van der Waals surface area contributed by atoms with Gasteiger partial charge in [0.25, 0.3) is 0 Å². The third-order valence-electron chi connectivity index (χ3n) is 12.7. The summed E-state index contributed by atoms with van der Waals surface area (Å²) >= 11 is 0. The molecule has 1 aliphatic rings. The Balaban J connectivity index is 2.29. The zero-order valence-electron chi connectivity index (χ0n) is 36.3. The van der Waals surface area contributed by atoms with E-state index in [4.69, 9.17) is 0 Å². The summed E-state index contributed by atoms with van der Waals surface area (Å²) in [4.78, 5) is 0. The maximum atomic E-state index is 2.73. The summed E-state index contributed by atoms with van der Waals surface area (Å²) in [7, 11) is -2.88. The summed E-state index contributed by atoms with van der Waals surface area (Å²) in [6.07, 6.45) is 17.6. The maximum absolute atomic E-state index is 2.88. The Labute approximate surface area is 323 Å². The van der Waals surface area contributed by atoms with Gasteiger partial charge in [0.15, 0.2) is 8.07 Å². The lowest BCUT2D eigenvalue weighted by Crippen LogP contribution is -2.73. The van der Waals surface area contributed by atoms with Crippen molar-refractivity contribution in [2.45, 2.75) is 190 Å². The van der Waals surface area contributed by atoms with Crippen molar-refractivity contribution >= 4 is 23.6 Å². The van der Waals surface area contributed by atoms with Crippen LogP contribution in [0.4, 0.5) is 0 Å². The lowest BCUT2D eigenvalue weighted by molar-refractivity contribution is 0.569. The fourth-order valence-electron chi connectivity index (χ4n) is 9.00. The van der Waals surface area contributed by atoms with Gasteiger partial charge in [-0.3, -0.25) is 0 Å². The van der Waals surface area contributed by atoms with Crippen molar-refractivity contribution in [2.24, 2.45) is 0 Å². The SMILES string of the molecule is CCCCCCc1cc(CCCCCC)cc([Si](c2cc(CC)cc(CC)c2)(c2cc(C(C)(C)C)cc(C(C)(C)C)c2)C2(C)C=C(C)C(C)=C2C)c1. The van der Waals surface area contributed by atoms with Gasteiger partial charge in [-0.05, 0) is 125 Å². The van der Waals surface area contributed by atoms with Gasteiger partial charge in [-0.2, -0.15) is 0 Å². The van der Waals surface area contributed by atoms with Crippen molar-refractivity contribution in [3.63, 3.8) is 0 Å². The van der Waals surface area contributed by atoms with E-state index in [2.05, 4.69) is 158 Å². The minimum atomic E-state index is -2.88. The molecule has 0 fully saturated rings. The first-order valence-corrected chi connectivity index (χ1v) is 23.3. The van der Waals surface area contributed by atoms with Crippen molar-refractivity contribution in [1.29, 1.82) is 0 Å². The fraction of sp³-hybridized carbons (Fsp3) is 0.569. The van der Waals surface area contributed by atoms with E-state index in [9.17, 15) is 0 Å². The van der Waals surface area contributed by atoms with Gasteiger partial charge in [-0.15, -0.1) is 0 Å².